The molecule has 3 rings (SSSR count). The van der Waals surface area contributed by atoms with Crippen LogP contribution in [0.25, 0.3) is 0 Å². The van der Waals surface area contributed by atoms with Crippen molar-refractivity contribution in [1.82, 2.24) is 10.2 Å². The Bertz CT molecular complexity index is 1380. The molecule has 3 aromatic carbocycles. The molecule has 0 radical (unpaired) electrons. The van der Waals surface area contributed by atoms with Crippen molar-refractivity contribution < 1.29 is 22.4 Å². The topological polar surface area (TPSA) is 86.8 Å². The van der Waals surface area contributed by atoms with E-state index in [9.17, 15) is 22.4 Å². The van der Waals surface area contributed by atoms with Crippen molar-refractivity contribution >= 4 is 50.7 Å². The third-order valence-corrected chi connectivity index (χ3v) is 8.30. The largest absolute Gasteiger partial charge is 0.357 e. The fraction of sp³-hybridized carbons (Fsp3) is 0.231. The SMILES string of the molecule is CNC(=O)[C@H](C)N(Cc1c(Cl)cccc1Cl)C(=O)CN(c1ccccc1F)S(=O)(=O)c1ccc(C)cc1. The van der Waals surface area contributed by atoms with E-state index in [1.807, 2.05) is 0 Å². The maximum absolute atomic E-state index is 14.9. The van der Waals surface area contributed by atoms with Crippen molar-refractivity contribution in [3.05, 3.63) is 93.7 Å². The summed E-state index contributed by atoms with van der Waals surface area (Å²) in [6.07, 6.45) is 0. The van der Waals surface area contributed by atoms with E-state index in [4.69, 9.17) is 23.2 Å². The van der Waals surface area contributed by atoms with Gasteiger partial charge < -0.3 is 10.2 Å². The van der Waals surface area contributed by atoms with E-state index >= 15 is 0 Å². The smallest absolute Gasteiger partial charge is 0.264 e. The van der Waals surface area contributed by atoms with Gasteiger partial charge in [0.1, 0.15) is 18.4 Å². The zero-order valence-electron chi connectivity index (χ0n) is 20.4. The average molecular weight is 566 g/mol. The molecule has 0 saturated carbocycles. The summed E-state index contributed by atoms with van der Waals surface area (Å²) in [5.74, 6) is -2.08. The molecule has 0 aromatic heterocycles. The second-order valence-electron chi connectivity index (χ2n) is 8.29. The van der Waals surface area contributed by atoms with E-state index in [1.54, 1.807) is 37.3 Å². The highest BCUT2D eigenvalue weighted by molar-refractivity contribution is 7.92. The van der Waals surface area contributed by atoms with Gasteiger partial charge in [-0.2, -0.15) is 0 Å². The summed E-state index contributed by atoms with van der Waals surface area (Å²) in [7, 11) is -2.96. The van der Waals surface area contributed by atoms with Crippen LogP contribution < -0.4 is 9.62 Å². The number of carbonyl (C=O) groups excluding carboxylic acids is 2. The van der Waals surface area contributed by atoms with Gasteiger partial charge >= 0.3 is 0 Å². The minimum atomic E-state index is -4.37. The lowest BCUT2D eigenvalue weighted by atomic mass is 10.1. The van der Waals surface area contributed by atoms with Crippen LogP contribution in [0.1, 0.15) is 18.1 Å². The average Bonchev–Trinajstić information content (AvgIpc) is 2.87. The fourth-order valence-corrected chi connectivity index (χ4v) is 5.59. The summed E-state index contributed by atoms with van der Waals surface area (Å²) >= 11 is 12.6. The highest BCUT2D eigenvalue weighted by atomic mass is 35.5. The van der Waals surface area contributed by atoms with Gasteiger partial charge in [-0.15, -0.1) is 0 Å². The molecule has 3 aromatic rings. The normalized spacial score (nSPS) is 12.1. The van der Waals surface area contributed by atoms with Crippen LogP contribution in [0.15, 0.2) is 71.6 Å². The molecular formula is C26H26Cl2FN3O4S. The van der Waals surface area contributed by atoms with Gasteiger partial charge in [-0.05, 0) is 50.2 Å². The predicted octanol–water partition coefficient (Wildman–Crippen LogP) is 4.80. The van der Waals surface area contributed by atoms with Crippen molar-refractivity contribution in [1.29, 1.82) is 0 Å². The minimum absolute atomic E-state index is 0.116. The van der Waals surface area contributed by atoms with Crippen LogP contribution >= 0.6 is 23.2 Å². The summed E-state index contributed by atoms with van der Waals surface area (Å²) in [6, 6.07) is 15.0. The van der Waals surface area contributed by atoms with Gasteiger partial charge in [-0.3, -0.25) is 13.9 Å². The number of nitrogens with one attached hydrogen (secondary N) is 1. The number of anilines is 1. The number of carbonyl (C=O) groups is 2. The molecule has 1 atom stereocenters. The molecule has 7 nitrogen and oxygen atoms in total. The van der Waals surface area contributed by atoms with Crippen LogP contribution in [-0.4, -0.2) is 44.8 Å². The molecule has 37 heavy (non-hydrogen) atoms. The Morgan fingerprint density at radius 3 is 2.14 bits per heavy atom. The molecule has 0 unspecified atom stereocenters. The monoisotopic (exact) mass is 565 g/mol. The van der Waals surface area contributed by atoms with Crippen LogP contribution in [0.3, 0.4) is 0 Å². The second kappa shape index (κ2) is 11.9. The van der Waals surface area contributed by atoms with Crippen molar-refractivity contribution in [3.8, 4) is 0 Å². The molecule has 0 aliphatic heterocycles. The molecule has 0 aliphatic carbocycles. The van der Waals surface area contributed by atoms with Crippen molar-refractivity contribution in [2.24, 2.45) is 0 Å². The molecule has 0 saturated heterocycles. The van der Waals surface area contributed by atoms with Crippen LogP contribution in [0.5, 0.6) is 0 Å². The second-order valence-corrected chi connectivity index (χ2v) is 11.0. The number of sulfonamides is 1. The van der Waals surface area contributed by atoms with E-state index in [-0.39, 0.29) is 27.2 Å². The molecule has 11 heteroatoms. The van der Waals surface area contributed by atoms with Crippen LogP contribution in [-0.2, 0) is 26.2 Å². The maximum Gasteiger partial charge on any atom is 0.264 e. The number of para-hydroxylation sites is 1. The first-order chi connectivity index (χ1) is 17.5. The van der Waals surface area contributed by atoms with Crippen molar-refractivity contribution in [2.75, 3.05) is 17.9 Å². The first-order valence-electron chi connectivity index (χ1n) is 11.2. The molecule has 2 amide bonds. The van der Waals surface area contributed by atoms with Crippen LogP contribution in [0.4, 0.5) is 10.1 Å². The summed E-state index contributed by atoms with van der Waals surface area (Å²) in [5.41, 5.74) is 0.906. The lowest BCUT2D eigenvalue weighted by molar-refractivity contribution is -0.139. The van der Waals surface area contributed by atoms with E-state index in [0.717, 1.165) is 16.5 Å². The number of aryl methyl sites for hydroxylation is 1. The highest BCUT2D eigenvalue weighted by Crippen LogP contribution is 2.29. The summed E-state index contributed by atoms with van der Waals surface area (Å²) in [6.45, 7) is 2.33. The van der Waals surface area contributed by atoms with E-state index in [0.29, 0.717) is 9.87 Å². The third-order valence-electron chi connectivity index (χ3n) is 5.81. The summed E-state index contributed by atoms with van der Waals surface area (Å²) in [5, 5.41) is 3.02. The minimum Gasteiger partial charge on any atom is -0.357 e. The van der Waals surface area contributed by atoms with Gasteiger partial charge in [-0.25, -0.2) is 12.8 Å². The number of rotatable bonds is 9. The number of benzene rings is 3. The molecule has 1 N–H and O–H groups in total. The Kier molecular flexibility index (Phi) is 9.17. The quantitative estimate of drug-likeness (QED) is 0.403. The van der Waals surface area contributed by atoms with Crippen molar-refractivity contribution in [3.63, 3.8) is 0 Å². The van der Waals surface area contributed by atoms with Gasteiger partial charge in [0, 0.05) is 29.2 Å². The van der Waals surface area contributed by atoms with E-state index < -0.39 is 40.2 Å². The first kappa shape index (κ1) is 28.4. The molecule has 0 aliphatic rings. The molecule has 0 fully saturated rings. The zero-order chi connectivity index (χ0) is 27.3. The number of halogens is 3. The fourth-order valence-electron chi connectivity index (χ4n) is 3.65. The number of likely N-dealkylation sites (N-methyl/N-ethyl adjacent to an activating group) is 1. The Morgan fingerprint density at radius 1 is 0.973 bits per heavy atom. The van der Waals surface area contributed by atoms with Gasteiger partial charge in [0.15, 0.2) is 0 Å². The van der Waals surface area contributed by atoms with E-state index in [2.05, 4.69) is 5.32 Å². The van der Waals surface area contributed by atoms with Gasteiger partial charge in [-0.1, -0.05) is 59.1 Å². The number of hydrogen-bond acceptors (Lipinski definition) is 4. The highest BCUT2D eigenvalue weighted by Gasteiger charge is 2.33. The van der Waals surface area contributed by atoms with Crippen LogP contribution in [0.2, 0.25) is 10.0 Å². The summed E-state index contributed by atoms with van der Waals surface area (Å²) < 4.78 is 42.9. The van der Waals surface area contributed by atoms with Gasteiger partial charge in [0.2, 0.25) is 11.8 Å². The maximum atomic E-state index is 14.9. The molecule has 0 bridgehead atoms. The molecular weight excluding hydrogens is 540 g/mol. The van der Waals surface area contributed by atoms with Crippen LogP contribution in [0, 0.1) is 12.7 Å². The van der Waals surface area contributed by atoms with Gasteiger partial charge in [0.05, 0.1) is 10.6 Å². The number of nitrogens with zero attached hydrogens (tertiary/aromatic N) is 2. The Balaban J connectivity index is 2.08. The molecule has 0 heterocycles. The predicted molar refractivity (Wildman–Crippen MR) is 143 cm³/mol. The van der Waals surface area contributed by atoms with E-state index in [1.165, 1.54) is 44.3 Å². The first-order valence-corrected chi connectivity index (χ1v) is 13.4. The number of amides is 2. The molecule has 0 spiro atoms. The Hall–Kier alpha value is -3.14. The Labute approximate surface area is 225 Å². The number of hydrogen-bond donors (Lipinski definition) is 1. The molecule has 196 valence electrons. The Morgan fingerprint density at radius 2 is 1.57 bits per heavy atom. The zero-order valence-corrected chi connectivity index (χ0v) is 22.7. The lowest BCUT2D eigenvalue weighted by Gasteiger charge is -2.32. The summed E-state index contributed by atoms with van der Waals surface area (Å²) in [4.78, 5) is 27.2. The lowest BCUT2D eigenvalue weighted by Crippen LogP contribution is -2.51. The third kappa shape index (κ3) is 6.41. The van der Waals surface area contributed by atoms with Gasteiger partial charge in [0.25, 0.3) is 10.0 Å². The standard InChI is InChI=1S/C26H26Cl2FN3O4S/c1-17-11-13-19(14-12-17)37(35,36)32(24-10-5-4-9-23(24)29)16-25(33)31(18(2)26(34)30-3)15-20-21(27)7-6-8-22(20)28/h4-14,18H,15-16H2,1-3H3,(H,30,34)/t18-/m0/s1. The van der Waals surface area contributed by atoms with Crippen molar-refractivity contribution in [2.45, 2.75) is 31.3 Å².